The van der Waals surface area contributed by atoms with E-state index in [4.69, 9.17) is 4.74 Å². The zero-order chi connectivity index (χ0) is 21.5. The van der Waals surface area contributed by atoms with Gasteiger partial charge in [0.1, 0.15) is 0 Å². The third kappa shape index (κ3) is 3.74. The van der Waals surface area contributed by atoms with E-state index in [-0.39, 0.29) is 16.8 Å². The number of nitrogens with zero attached hydrogens (tertiary/aromatic N) is 1. The van der Waals surface area contributed by atoms with E-state index in [0.717, 1.165) is 30.4 Å². The number of fused-ring (bicyclic) bond motifs is 1. The summed E-state index contributed by atoms with van der Waals surface area (Å²) in [5.74, 6) is -0.224. The highest BCUT2D eigenvalue weighted by atomic mass is 32.2. The minimum Gasteiger partial charge on any atom is -0.465 e. The van der Waals surface area contributed by atoms with Crippen LogP contribution in [0.15, 0.2) is 47.4 Å². The number of amides is 1. The molecule has 1 spiro atoms. The molecule has 6 nitrogen and oxygen atoms in total. The Morgan fingerprint density at radius 3 is 2.50 bits per heavy atom. The maximum Gasteiger partial charge on any atom is 0.337 e. The Hall–Kier alpha value is -2.67. The van der Waals surface area contributed by atoms with Gasteiger partial charge in [-0.3, -0.25) is 4.79 Å². The first-order valence-corrected chi connectivity index (χ1v) is 11.9. The van der Waals surface area contributed by atoms with E-state index < -0.39 is 15.3 Å². The molecule has 0 N–H and O–H groups in total. The van der Waals surface area contributed by atoms with Crippen LogP contribution in [0.5, 0.6) is 0 Å². The summed E-state index contributed by atoms with van der Waals surface area (Å²) in [7, 11) is -1.87. The van der Waals surface area contributed by atoms with Crippen LogP contribution in [0.25, 0.3) is 0 Å². The number of carbonyl (C=O) groups excluding carboxylic acids is 2. The minimum atomic E-state index is -3.23. The predicted molar refractivity (Wildman–Crippen MR) is 112 cm³/mol. The monoisotopic (exact) mass is 427 g/mol. The van der Waals surface area contributed by atoms with Gasteiger partial charge < -0.3 is 9.64 Å². The molecule has 1 amide bonds. The van der Waals surface area contributed by atoms with Gasteiger partial charge in [0.05, 0.1) is 23.0 Å². The number of rotatable bonds is 4. The Morgan fingerprint density at radius 2 is 1.83 bits per heavy atom. The van der Waals surface area contributed by atoms with Crippen molar-refractivity contribution in [2.24, 2.45) is 5.41 Å². The van der Waals surface area contributed by atoms with Crippen molar-refractivity contribution in [1.29, 1.82) is 0 Å². The van der Waals surface area contributed by atoms with Crippen LogP contribution < -0.4 is 0 Å². The molecule has 1 aliphatic carbocycles. The van der Waals surface area contributed by atoms with Crippen LogP contribution in [-0.2, 0) is 38.8 Å². The van der Waals surface area contributed by atoms with E-state index in [1.165, 1.54) is 18.9 Å². The lowest BCUT2D eigenvalue weighted by molar-refractivity contribution is -0.137. The number of esters is 1. The zero-order valence-corrected chi connectivity index (χ0v) is 18.0. The second kappa shape index (κ2) is 7.54. The molecule has 0 aromatic heterocycles. The molecule has 2 aromatic carbocycles. The summed E-state index contributed by atoms with van der Waals surface area (Å²) in [5.41, 5.74) is 3.25. The molecule has 1 unspecified atom stereocenters. The van der Waals surface area contributed by atoms with Crippen LogP contribution in [0.3, 0.4) is 0 Å². The molecule has 2 aliphatic rings. The molecule has 4 rings (SSSR count). The lowest BCUT2D eigenvalue weighted by Gasteiger charge is -2.33. The van der Waals surface area contributed by atoms with E-state index in [0.29, 0.717) is 25.1 Å². The standard InChI is InChI=1S/C23H25NO5S/c1-29-21(25)18-6-5-17-9-10-23(14-19(17)13-18)11-12-24(22(23)26)15-16-3-7-20(8-4-16)30(2,27)28/h3-8,13H,9-12,14-15H2,1-2H3. The zero-order valence-electron chi connectivity index (χ0n) is 17.2. The fraction of sp³-hybridized carbons (Fsp3) is 0.391. The first-order valence-electron chi connectivity index (χ1n) is 10.0. The van der Waals surface area contributed by atoms with Crippen molar-refractivity contribution in [2.45, 2.75) is 37.1 Å². The Balaban J connectivity index is 1.51. The lowest BCUT2D eigenvalue weighted by atomic mass is 9.70. The highest BCUT2D eigenvalue weighted by molar-refractivity contribution is 7.90. The van der Waals surface area contributed by atoms with E-state index in [1.54, 1.807) is 30.3 Å². The summed E-state index contributed by atoms with van der Waals surface area (Å²) < 4.78 is 28.1. The van der Waals surface area contributed by atoms with Gasteiger partial charge in [-0.15, -0.1) is 0 Å². The number of carbonyl (C=O) groups is 2. The molecule has 1 saturated heterocycles. The van der Waals surface area contributed by atoms with Gasteiger partial charge in [-0.1, -0.05) is 18.2 Å². The second-order valence-corrected chi connectivity index (χ2v) is 10.3. The molecule has 1 fully saturated rings. The summed E-state index contributed by atoms with van der Waals surface area (Å²) in [6.45, 7) is 1.15. The number of sulfone groups is 1. The third-order valence-electron chi connectivity index (χ3n) is 6.36. The van der Waals surface area contributed by atoms with Crippen LogP contribution >= 0.6 is 0 Å². The first-order chi connectivity index (χ1) is 14.2. The third-order valence-corrected chi connectivity index (χ3v) is 7.48. The lowest BCUT2D eigenvalue weighted by Crippen LogP contribution is -2.38. The van der Waals surface area contributed by atoms with Crippen molar-refractivity contribution < 1.29 is 22.7 Å². The van der Waals surface area contributed by atoms with Gasteiger partial charge in [0.15, 0.2) is 9.84 Å². The largest absolute Gasteiger partial charge is 0.465 e. The maximum absolute atomic E-state index is 13.3. The van der Waals surface area contributed by atoms with Gasteiger partial charge in [-0.25, -0.2) is 13.2 Å². The van der Waals surface area contributed by atoms with Gasteiger partial charge in [-0.2, -0.15) is 0 Å². The van der Waals surface area contributed by atoms with Gasteiger partial charge in [0, 0.05) is 19.3 Å². The van der Waals surface area contributed by atoms with Gasteiger partial charge in [0.25, 0.3) is 0 Å². The van der Waals surface area contributed by atoms with E-state index >= 15 is 0 Å². The number of benzene rings is 2. The number of hydrogen-bond acceptors (Lipinski definition) is 5. The van der Waals surface area contributed by atoms with Gasteiger partial charge in [-0.05, 0) is 66.6 Å². The van der Waals surface area contributed by atoms with Crippen LogP contribution in [-0.4, -0.2) is 45.1 Å². The SMILES string of the molecule is COC(=O)c1ccc2c(c1)CC1(CC2)CCN(Cc2ccc(S(C)(=O)=O)cc2)C1=O. The molecule has 2 aromatic rings. The fourth-order valence-electron chi connectivity index (χ4n) is 4.61. The normalized spacial score (nSPS) is 21.0. The summed E-state index contributed by atoms with van der Waals surface area (Å²) in [6, 6.07) is 12.3. The number of aryl methyl sites for hydroxylation is 1. The Labute approximate surface area is 176 Å². The first kappa shape index (κ1) is 20.6. The molecule has 30 heavy (non-hydrogen) atoms. The Morgan fingerprint density at radius 1 is 1.10 bits per heavy atom. The number of ether oxygens (including phenoxy) is 1. The molecule has 1 atom stereocenters. The average molecular weight is 428 g/mol. The molecule has 0 saturated carbocycles. The van der Waals surface area contributed by atoms with Crippen LogP contribution in [0.2, 0.25) is 0 Å². The summed E-state index contributed by atoms with van der Waals surface area (Å²) in [5, 5.41) is 0. The van der Waals surface area contributed by atoms with E-state index in [2.05, 4.69) is 0 Å². The molecule has 0 radical (unpaired) electrons. The number of methoxy groups -OCH3 is 1. The topological polar surface area (TPSA) is 80.8 Å². The van der Waals surface area contributed by atoms with E-state index in [9.17, 15) is 18.0 Å². The fourth-order valence-corrected chi connectivity index (χ4v) is 5.24. The molecule has 158 valence electrons. The summed E-state index contributed by atoms with van der Waals surface area (Å²) >= 11 is 0. The molecular formula is C23H25NO5S. The van der Waals surface area contributed by atoms with Crippen molar-refractivity contribution in [3.8, 4) is 0 Å². The molecule has 0 bridgehead atoms. The van der Waals surface area contributed by atoms with Crippen LogP contribution in [0.1, 0.15) is 39.9 Å². The highest BCUT2D eigenvalue weighted by Gasteiger charge is 2.48. The second-order valence-electron chi connectivity index (χ2n) is 8.33. The van der Waals surface area contributed by atoms with Crippen molar-refractivity contribution >= 4 is 21.7 Å². The van der Waals surface area contributed by atoms with Crippen molar-refractivity contribution in [1.82, 2.24) is 4.90 Å². The minimum absolute atomic E-state index is 0.142. The predicted octanol–water partition coefficient (Wildman–Crippen LogP) is 2.78. The Bertz CT molecular complexity index is 1110. The Kier molecular flexibility index (Phi) is 5.18. The molecule has 1 heterocycles. The van der Waals surface area contributed by atoms with Gasteiger partial charge in [0.2, 0.25) is 5.91 Å². The highest BCUT2D eigenvalue weighted by Crippen LogP contribution is 2.44. The number of hydrogen-bond donors (Lipinski definition) is 0. The molecule has 7 heteroatoms. The quantitative estimate of drug-likeness (QED) is 0.701. The number of likely N-dealkylation sites (tertiary alicyclic amines) is 1. The average Bonchev–Trinajstić information content (AvgIpc) is 3.02. The molecule has 1 aliphatic heterocycles. The smallest absolute Gasteiger partial charge is 0.337 e. The van der Waals surface area contributed by atoms with Crippen molar-refractivity contribution in [3.63, 3.8) is 0 Å². The molecular weight excluding hydrogens is 402 g/mol. The van der Waals surface area contributed by atoms with Gasteiger partial charge >= 0.3 is 5.97 Å². The van der Waals surface area contributed by atoms with Crippen LogP contribution in [0, 0.1) is 5.41 Å². The summed E-state index contributed by atoms with van der Waals surface area (Å²) in [6.07, 6.45) is 4.23. The van der Waals surface area contributed by atoms with Crippen molar-refractivity contribution in [3.05, 3.63) is 64.7 Å². The van der Waals surface area contributed by atoms with Crippen LogP contribution in [0.4, 0.5) is 0 Å². The maximum atomic E-state index is 13.3. The summed E-state index contributed by atoms with van der Waals surface area (Å²) in [4.78, 5) is 27.4. The van der Waals surface area contributed by atoms with Crippen molar-refractivity contribution in [2.75, 3.05) is 19.9 Å². The van der Waals surface area contributed by atoms with E-state index in [1.807, 2.05) is 17.0 Å².